The summed E-state index contributed by atoms with van der Waals surface area (Å²) < 4.78 is 0.498. The van der Waals surface area contributed by atoms with Gasteiger partial charge in [0.2, 0.25) is 0 Å². The lowest BCUT2D eigenvalue weighted by Gasteiger charge is -2.05. The normalized spacial score (nSPS) is 9.53. The van der Waals surface area contributed by atoms with Crippen molar-refractivity contribution in [1.29, 1.82) is 0 Å². The summed E-state index contributed by atoms with van der Waals surface area (Å²) in [4.78, 5) is 22.2. The summed E-state index contributed by atoms with van der Waals surface area (Å²) in [6.45, 7) is 0. The van der Waals surface area contributed by atoms with Crippen LogP contribution in [0.15, 0.2) is 22.7 Å². The molecule has 0 saturated heterocycles. The highest BCUT2D eigenvalue weighted by Crippen LogP contribution is 2.21. The van der Waals surface area contributed by atoms with Crippen LogP contribution < -0.4 is 16.6 Å². The number of nitrogens with one attached hydrogen (secondary N) is 2. The van der Waals surface area contributed by atoms with Crippen molar-refractivity contribution in [2.75, 3.05) is 0 Å². The van der Waals surface area contributed by atoms with E-state index in [1.54, 1.807) is 17.6 Å². The number of hydrazine groups is 1. The molecule has 5 nitrogen and oxygen atoms in total. The van der Waals surface area contributed by atoms with E-state index in [4.69, 9.17) is 17.4 Å². The van der Waals surface area contributed by atoms with Crippen molar-refractivity contribution in [1.82, 2.24) is 10.7 Å². The number of carbonyl (C=O) groups excluding carboxylic acids is 2. The average molecular weight is 293 g/mol. The highest BCUT2D eigenvalue weighted by atomic mass is 79.9. The molecule has 0 aliphatic carbocycles. The number of imide groups is 1. The number of carbonyl (C=O) groups is 2. The molecule has 0 bridgehead atoms. The highest BCUT2D eigenvalue weighted by Gasteiger charge is 2.12. The molecule has 0 saturated carbocycles. The summed E-state index contributed by atoms with van der Waals surface area (Å²) >= 11 is 8.84. The lowest BCUT2D eigenvalue weighted by molar-refractivity contribution is 0.0963. The zero-order valence-corrected chi connectivity index (χ0v) is 9.72. The summed E-state index contributed by atoms with van der Waals surface area (Å²) in [5.41, 5.74) is 2.08. The number of hydrogen-bond donors (Lipinski definition) is 3. The standard InChI is InChI=1S/C8H7BrClN3O2/c9-6-3-4(10)1-2-5(6)7(14)12-8(15)13-11/h1-3H,11H2,(H2,12,13,14,15). The minimum atomic E-state index is -0.776. The number of amides is 3. The monoisotopic (exact) mass is 291 g/mol. The fourth-order valence-corrected chi connectivity index (χ4v) is 1.74. The van der Waals surface area contributed by atoms with Crippen molar-refractivity contribution in [2.24, 2.45) is 5.84 Å². The number of benzene rings is 1. The van der Waals surface area contributed by atoms with Gasteiger partial charge in [0.1, 0.15) is 0 Å². The van der Waals surface area contributed by atoms with Crippen molar-refractivity contribution < 1.29 is 9.59 Å². The maximum absolute atomic E-state index is 11.4. The fourth-order valence-electron chi connectivity index (χ4n) is 0.880. The van der Waals surface area contributed by atoms with Crippen LogP contribution >= 0.6 is 27.5 Å². The summed E-state index contributed by atoms with van der Waals surface area (Å²) in [6, 6.07) is 3.81. The summed E-state index contributed by atoms with van der Waals surface area (Å²) in [6.07, 6.45) is 0. The first-order valence-corrected chi connectivity index (χ1v) is 4.98. The third kappa shape index (κ3) is 3.19. The fraction of sp³-hybridized carbons (Fsp3) is 0. The van der Waals surface area contributed by atoms with Gasteiger partial charge in [0.05, 0.1) is 5.56 Å². The van der Waals surface area contributed by atoms with Crippen LogP contribution in [-0.4, -0.2) is 11.9 Å². The molecule has 80 valence electrons. The van der Waals surface area contributed by atoms with Crippen LogP contribution in [0.3, 0.4) is 0 Å². The third-order valence-electron chi connectivity index (χ3n) is 1.53. The molecule has 1 aromatic rings. The quantitative estimate of drug-likeness (QED) is 0.416. The average Bonchev–Trinajstić information content (AvgIpc) is 2.17. The van der Waals surface area contributed by atoms with Crippen molar-refractivity contribution in [2.45, 2.75) is 0 Å². The summed E-state index contributed by atoms with van der Waals surface area (Å²) in [7, 11) is 0. The lowest BCUT2D eigenvalue weighted by atomic mass is 10.2. The molecule has 15 heavy (non-hydrogen) atoms. The SMILES string of the molecule is NNC(=O)NC(=O)c1ccc(Cl)cc1Br. The zero-order valence-electron chi connectivity index (χ0n) is 7.38. The first-order valence-electron chi connectivity index (χ1n) is 3.81. The van der Waals surface area contributed by atoms with E-state index >= 15 is 0 Å². The van der Waals surface area contributed by atoms with Gasteiger partial charge in [0.25, 0.3) is 5.91 Å². The number of urea groups is 1. The van der Waals surface area contributed by atoms with Gasteiger partial charge in [-0.25, -0.2) is 10.6 Å². The first-order chi connectivity index (χ1) is 7.04. The minimum absolute atomic E-state index is 0.294. The van der Waals surface area contributed by atoms with Crippen LogP contribution in [0.5, 0.6) is 0 Å². The third-order valence-corrected chi connectivity index (χ3v) is 2.43. The van der Waals surface area contributed by atoms with Gasteiger partial charge in [0.15, 0.2) is 0 Å². The molecule has 0 aromatic heterocycles. The molecule has 4 N–H and O–H groups in total. The predicted octanol–water partition coefficient (Wildman–Crippen LogP) is 1.42. The molecule has 7 heteroatoms. The first kappa shape index (κ1) is 12.0. The number of halogens is 2. The van der Waals surface area contributed by atoms with E-state index in [-0.39, 0.29) is 0 Å². The van der Waals surface area contributed by atoms with E-state index in [9.17, 15) is 9.59 Å². The van der Waals surface area contributed by atoms with E-state index in [1.165, 1.54) is 6.07 Å². The molecule has 0 atom stereocenters. The van der Waals surface area contributed by atoms with Crippen LogP contribution in [-0.2, 0) is 0 Å². The Morgan fingerprint density at radius 2 is 2.07 bits per heavy atom. The van der Waals surface area contributed by atoms with Gasteiger partial charge in [-0.15, -0.1) is 0 Å². The number of rotatable bonds is 1. The molecule has 0 unspecified atom stereocenters. The number of nitrogens with two attached hydrogens (primary N) is 1. The van der Waals surface area contributed by atoms with Crippen LogP contribution in [0.4, 0.5) is 4.79 Å². The maximum Gasteiger partial charge on any atom is 0.335 e. The Morgan fingerprint density at radius 1 is 1.40 bits per heavy atom. The van der Waals surface area contributed by atoms with E-state index in [0.29, 0.717) is 15.1 Å². The van der Waals surface area contributed by atoms with Crippen LogP contribution in [0.2, 0.25) is 5.02 Å². The topological polar surface area (TPSA) is 84.2 Å². The van der Waals surface area contributed by atoms with Crippen molar-refractivity contribution in [3.63, 3.8) is 0 Å². The van der Waals surface area contributed by atoms with E-state index < -0.39 is 11.9 Å². The van der Waals surface area contributed by atoms with Crippen LogP contribution in [0, 0.1) is 0 Å². The molecule has 0 aliphatic heterocycles. The Kier molecular flexibility index (Phi) is 4.07. The van der Waals surface area contributed by atoms with E-state index in [1.807, 2.05) is 5.32 Å². The highest BCUT2D eigenvalue weighted by molar-refractivity contribution is 9.10. The largest absolute Gasteiger partial charge is 0.335 e. The lowest BCUT2D eigenvalue weighted by Crippen LogP contribution is -2.43. The molecule has 0 heterocycles. The summed E-state index contributed by atoms with van der Waals surface area (Å²) in [5, 5.41) is 2.51. The van der Waals surface area contributed by atoms with Crippen molar-refractivity contribution in [3.05, 3.63) is 33.3 Å². The molecular formula is C8H7BrClN3O2. The van der Waals surface area contributed by atoms with Crippen molar-refractivity contribution in [3.8, 4) is 0 Å². The van der Waals surface area contributed by atoms with Gasteiger partial charge >= 0.3 is 6.03 Å². The van der Waals surface area contributed by atoms with E-state index in [2.05, 4.69) is 15.9 Å². The Hall–Kier alpha value is -1.11. The maximum atomic E-state index is 11.4. The van der Waals surface area contributed by atoms with Crippen LogP contribution in [0.1, 0.15) is 10.4 Å². The molecule has 0 fully saturated rings. The van der Waals surface area contributed by atoms with E-state index in [0.717, 1.165) is 0 Å². The molecule has 1 aromatic carbocycles. The Bertz CT molecular complexity index is 411. The van der Waals surface area contributed by atoms with Gasteiger partial charge < -0.3 is 0 Å². The molecular weight excluding hydrogens is 285 g/mol. The molecule has 3 amide bonds. The second-order valence-electron chi connectivity index (χ2n) is 2.55. The van der Waals surface area contributed by atoms with Crippen LogP contribution in [0.25, 0.3) is 0 Å². The second kappa shape index (κ2) is 5.11. The van der Waals surface area contributed by atoms with Gasteiger partial charge in [-0.1, -0.05) is 11.6 Å². The molecule has 0 radical (unpaired) electrons. The van der Waals surface area contributed by atoms with Gasteiger partial charge in [-0.3, -0.25) is 15.5 Å². The Labute approximate surface area is 99.1 Å². The molecule has 0 aliphatic rings. The predicted molar refractivity (Wildman–Crippen MR) is 59.3 cm³/mol. The minimum Gasteiger partial charge on any atom is -0.276 e. The zero-order chi connectivity index (χ0) is 11.4. The summed E-state index contributed by atoms with van der Waals surface area (Å²) in [5.74, 6) is 4.25. The van der Waals surface area contributed by atoms with Gasteiger partial charge in [-0.05, 0) is 34.1 Å². The molecule has 1 rings (SSSR count). The van der Waals surface area contributed by atoms with Crippen molar-refractivity contribution >= 4 is 39.5 Å². The second-order valence-corrected chi connectivity index (χ2v) is 3.84. The molecule has 0 spiro atoms. The smallest absolute Gasteiger partial charge is 0.276 e. The number of hydrogen-bond acceptors (Lipinski definition) is 3. The van der Waals surface area contributed by atoms with Gasteiger partial charge in [-0.2, -0.15) is 0 Å². The van der Waals surface area contributed by atoms with Gasteiger partial charge in [0, 0.05) is 9.50 Å². The Balaban J connectivity index is 2.87. The Morgan fingerprint density at radius 3 is 2.60 bits per heavy atom.